The van der Waals surface area contributed by atoms with E-state index in [0.29, 0.717) is 34.2 Å². The Kier molecular flexibility index (Phi) is 9.65. The highest BCUT2D eigenvalue weighted by molar-refractivity contribution is 6.16. The van der Waals surface area contributed by atoms with Crippen LogP contribution >= 0.6 is 0 Å². The maximum Gasteiger partial charge on any atom is 0.166 e. The minimum absolute atomic E-state index is 0.259. The fraction of sp³-hybridized carbons (Fsp3) is 0.0845. The molecule has 0 atom stereocenters. The molecule has 0 bridgehead atoms. The Hall–Kier alpha value is -10.2. The molecule has 78 heavy (non-hydrogen) atoms. The topological polar surface area (TPSA) is 96.1 Å². The third-order valence-corrected chi connectivity index (χ3v) is 16.8. The monoisotopic (exact) mass is 997 g/mol. The number of aromatic nitrogens is 5. The fourth-order valence-corrected chi connectivity index (χ4v) is 13.3. The van der Waals surface area contributed by atoms with Crippen LogP contribution in [0.4, 0.5) is 0 Å². The summed E-state index contributed by atoms with van der Waals surface area (Å²) >= 11 is 0. The van der Waals surface area contributed by atoms with E-state index >= 15 is 0 Å². The Morgan fingerprint density at radius 3 is 1.45 bits per heavy atom. The largest absolute Gasteiger partial charge is 0.308 e. The molecule has 10 aromatic carbocycles. The highest BCUT2D eigenvalue weighted by Crippen LogP contribution is 2.55. The van der Waals surface area contributed by atoms with Crippen molar-refractivity contribution < 1.29 is 0 Å². The summed E-state index contributed by atoms with van der Waals surface area (Å²) in [4.78, 5) is 16.4. The zero-order valence-electron chi connectivity index (χ0n) is 43.3. The van der Waals surface area contributed by atoms with Gasteiger partial charge in [-0.1, -0.05) is 173 Å². The number of fused-ring (bicyclic) bond motifs is 14. The van der Waals surface area contributed by atoms with Gasteiger partial charge in [-0.15, -0.1) is 0 Å². The van der Waals surface area contributed by atoms with Gasteiger partial charge in [-0.3, -0.25) is 0 Å². The Morgan fingerprint density at radius 2 is 0.833 bits per heavy atom. The van der Waals surface area contributed by atoms with Gasteiger partial charge in [0.1, 0.15) is 0 Å². The van der Waals surface area contributed by atoms with Crippen molar-refractivity contribution in [2.24, 2.45) is 0 Å². The van der Waals surface area contributed by atoms with E-state index in [1.165, 1.54) is 55.3 Å². The van der Waals surface area contributed by atoms with Crippen molar-refractivity contribution in [2.45, 2.75) is 38.5 Å². The van der Waals surface area contributed by atoms with Gasteiger partial charge in [0.05, 0.1) is 56.7 Å². The van der Waals surface area contributed by atoms with E-state index in [1.807, 2.05) is 66.7 Å². The van der Waals surface area contributed by atoms with Crippen molar-refractivity contribution in [3.63, 3.8) is 0 Å². The lowest BCUT2D eigenvalue weighted by Gasteiger charge is -2.23. The van der Waals surface area contributed by atoms with Crippen LogP contribution in [0.2, 0.25) is 0 Å². The van der Waals surface area contributed by atoms with Gasteiger partial charge >= 0.3 is 0 Å². The molecule has 0 aliphatic heterocycles. The molecular weight excluding hydrogens is 951 g/mol. The van der Waals surface area contributed by atoms with E-state index in [0.717, 1.165) is 66.5 Å². The highest BCUT2D eigenvalue weighted by Gasteiger charge is 2.40. The van der Waals surface area contributed by atoms with Crippen LogP contribution < -0.4 is 0 Å². The van der Waals surface area contributed by atoms with Crippen molar-refractivity contribution in [1.29, 1.82) is 10.5 Å². The molecule has 2 aliphatic carbocycles. The molecule has 366 valence electrons. The quantitative estimate of drug-likeness (QED) is 0.165. The first-order chi connectivity index (χ1) is 38.1. The Bertz CT molecular complexity index is 4820. The first-order valence-corrected chi connectivity index (χ1v) is 26.5. The molecule has 0 saturated heterocycles. The summed E-state index contributed by atoms with van der Waals surface area (Å²) < 4.78 is 4.71. The molecule has 7 heteroatoms. The van der Waals surface area contributed by atoms with Crippen LogP contribution in [-0.2, 0) is 10.8 Å². The molecule has 0 N–H and O–H groups in total. The first kappa shape index (κ1) is 45.2. The van der Waals surface area contributed by atoms with Crippen molar-refractivity contribution in [3.8, 4) is 91.1 Å². The summed E-state index contributed by atoms with van der Waals surface area (Å²) in [6.45, 7) is 9.36. The Balaban J connectivity index is 1.02. The van der Waals surface area contributed by atoms with Gasteiger partial charge in [0, 0.05) is 49.1 Å². The third kappa shape index (κ3) is 6.40. The molecule has 3 heterocycles. The lowest BCUT2D eigenvalue weighted by Crippen LogP contribution is -2.15. The lowest BCUT2D eigenvalue weighted by molar-refractivity contribution is 0.666. The maximum absolute atomic E-state index is 10.7. The number of nitrogens with zero attached hydrogens (tertiary/aromatic N) is 7. The number of benzene rings is 10. The van der Waals surface area contributed by atoms with Crippen LogP contribution in [0.5, 0.6) is 0 Å². The van der Waals surface area contributed by atoms with E-state index in [2.05, 4.69) is 195 Å². The Morgan fingerprint density at radius 1 is 0.346 bits per heavy atom. The first-order valence-electron chi connectivity index (χ1n) is 26.5. The van der Waals surface area contributed by atoms with Crippen molar-refractivity contribution in [3.05, 3.63) is 246 Å². The molecule has 15 rings (SSSR count). The zero-order valence-corrected chi connectivity index (χ0v) is 43.3. The number of para-hydroxylation sites is 2. The van der Waals surface area contributed by atoms with Gasteiger partial charge in [0.25, 0.3) is 0 Å². The van der Waals surface area contributed by atoms with Crippen LogP contribution in [-0.4, -0.2) is 24.1 Å². The van der Waals surface area contributed by atoms with E-state index in [-0.39, 0.29) is 10.8 Å². The van der Waals surface area contributed by atoms with Crippen LogP contribution in [0, 0.1) is 22.7 Å². The van der Waals surface area contributed by atoms with Gasteiger partial charge in [0.2, 0.25) is 0 Å². The maximum atomic E-state index is 10.7. The van der Waals surface area contributed by atoms with E-state index in [9.17, 15) is 10.5 Å². The molecule has 0 amide bonds. The average Bonchev–Trinajstić information content (AvgIpc) is 4.29. The molecule has 0 unspecified atom stereocenters. The Labute approximate surface area is 451 Å². The van der Waals surface area contributed by atoms with Crippen LogP contribution in [0.15, 0.2) is 212 Å². The summed E-state index contributed by atoms with van der Waals surface area (Å²) in [6.07, 6.45) is 0. The second-order valence-corrected chi connectivity index (χ2v) is 21.8. The highest BCUT2D eigenvalue weighted by atomic mass is 15.1. The molecule has 0 fully saturated rings. The molecule has 0 spiro atoms. The molecule has 13 aromatic rings. The minimum Gasteiger partial charge on any atom is -0.308 e. The summed E-state index contributed by atoms with van der Waals surface area (Å²) in [5, 5.41) is 25.5. The molecule has 7 nitrogen and oxygen atoms in total. The molecule has 3 aromatic heterocycles. The second kappa shape index (κ2) is 16.6. The van der Waals surface area contributed by atoms with Gasteiger partial charge in [-0.2, -0.15) is 10.5 Å². The van der Waals surface area contributed by atoms with Gasteiger partial charge in [0.15, 0.2) is 17.5 Å². The lowest BCUT2D eigenvalue weighted by atomic mass is 9.80. The van der Waals surface area contributed by atoms with Crippen molar-refractivity contribution in [1.82, 2.24) is 24.1 Å². The van der Waals surface area contributed by atoms with Gasteiger partial charge < -0.3 is 9.13 Å². The number of nitriles is 2. The van der Waals surface area contributed by atoms with Gasteiger partial charge in [-0.05, 0) is 122 Å². The number of hydrogen-bond acceptors (Lipinski definition) is 5. The third-order valence-electron chi connectivity index (χ3n) is 16.8. The van der Waals surface area contributed by atoms with E-state index in [4.69, 9.17) is 15.0 Å². The predicted molar refractivity (Wildman–Crippen MR) is 315 cm³/mol. The molecule has 0 radical (unpaired) electrons. The smallest absolute Gasteiger partial charge is 0.166 e. The zero-order chi connectivity index (χ0) is 52.6. The number of rotatable bonds is 6. The summed E-state index contributed by atoms with van der Waals surface area (Å²) in [5.41, 5.74) is 20.9. The number of hydrogen-bond donors (Lipinski definition) is 0. The minimum atomic E-state index is -0.274. The summed E-state index contributed by atoms with van der Waals surface area (Å²) in [5.74, 6) is 1.40. The van der Waals surface area contributed by atoms with E-state index < -0.39 is 0 Å². The standard InChI is InChI=1S/C71H47N7/c1-70(2)55-25-12-8-21-47(55)49-32-35-60-63(65(49)70)51-23-10-14-27-57(51)77(60)59-34-29-43(41-73)38-54(59)69-75-67(44-18-6-5-7-19-44)74-68(76-69)53-31-30-46(45-20-16-17-42(37-45)40-72)39-62(53)78-58-28-15-11-24-52(58)64-61(78)36-33-50-48-22-9-13-26-56(48)71(3,4)66(50)64/h5-39H,1-4H3. The van der Waals surface area contributed by atoms with Crippen LogP contribution in [0.25, 0.3) is 123 Å². The van der Waals surface area contributed by atoms with Crippen molar-refractivity contribution >= 4 is 43.6 Å². The fourth-order valence-electron chi connectivity index (χ4n) is 13.3. The summed E-state index contributed by atoms with van der Waals surface area (Å²) in [7, 11) is 0. The predicted octanol–water partition coefficient (Wildman–Crippen LogP) is 17.1. The van der Waals surface area contributed by atoms with E-state index in [1.54, 1.807) is 0 Å². The summed E-state index contributed by atoms with van der Waals surface area (Å²) in [6, 6.07) is 78.9. The van der Waals surface area contributed by atoms with Crippen molar-refractivity contribution in [2.75, 3.05) is 0 Å². The van der Waals surface area contributed by atoms with Gasteiger partial charge in [-0.25, -0.2) is 15.0 Å². The SMILES string of the molecule is CC1(C)c2ccccc2-c2ccc3c(c21)c1ccccc1n3-c1ccc(C#N)cc1-c1nc(-c2ccccc2)nc(-c2ccc(-c3cccc(C#N)c3)cc2-n2c3ccccc3c3c4c(ccc32)-c2ccccc2C4(C)C)n1. The molecule has 0 saturated carbocycles. The average molecular weight is 998 g/mol. The normalized spacial score (nSPS) is 13.6. The van der Waals surface area contributed by atoms with Crippen LogP contribution in [0.1, 0.15) is 61.1 Å². The molecule has 2 aliphatic rings. The second-order valence-electron chi connectivity index (χ2n) is 21.8. The molecular formula is C71H47N7. The van der Waals surface area contributed by atoms with Crippen LogP contribution in [0.3, 0.4) is 0 Å².